The second kappa shape index (κ2) is 6.17. The highest BCUT2D eigenvalue weighted by molar-refractivity contribution is 5.57. The normalized spacial score (nSPS) is 10.6. The minimum Gasteiger partial charge on any atom is -0.460 e. The fraction of sp³-hybridized carbons (Fsp3) is 0.118. The molecular weight excluding hydrogens is 248 g/mol. The summed E-state index contributed by atoms with van der Waals surface area (Å²) in [6, 6.07) is 18.1. The van der Waals surface area contributed by atoms with Gasteiger partial charge < -0.3 is 9.73 Å². The summed E-state index contributed by atoms with van der Waals surface area (Å²) in [5.41, 5.74) is 2.27. The molecule has 0 atom stereocenters. The van der Waals surface area contributed by atoms with Gasteiger partial charge in [0.1, 0.15) is 11.5 Å². The molecule has 0 fully saturated rings. The van der Waals surface area contributed by atoms with Gasteiger partial charge >= 0.3 is 0 Å². The highest BCUT2D eigenvalue weighted by Crippen LogP contribution is 2.21. The van der Waals surface area contributed by atoms with Gasteiger partial charge in [0.15, 0.2) is 0 Å². The van der Waals surface area contributed by atoms with Crippen LogP contribution in [-0.4, -0.2) is 4.98 Å². The van der Waals surface area contributed by atoms with E-state index in [1.54, 1.807) is 6.20 Å². The average Bonchev–Trinajstić information content (AvgIpc) is 2.98. The molecule has 0 aliphatic rings. The molecule has 100 valence electrons. The SMILES string of the molecule is c1ccc(-c2ccc(CNCc3cccnc3)o2)cc1. The fourth-order valence-electron chi connectivity index (χ4n) is 2.06. The van der Waals surface area contributed by atoms with Gasteiger partial charge in [0.05, 0.1) is 6.54 Å². The Kier molecular flexibility index (Phi) is 3.90. The summed E-state index contributed by atoms with van der Waals surface area (Å²) in [4.78, 5) is 4.09. The first-order valence-corrected chi connectivity index (χ1v) is 6.65. The molecule has 3 heteroatoms. The van der Waals surface area contributed by atoms with Crippen molar-refractivity contribution in [3.63, 3.8) is 0 Å². The van der Waals surface area contributed by atoms with Crippen LogP contribution in [0.3, 0.4) is 0 Å². The largest absolute Gasteiger partial charge is 0.460 e. The molecule has 0 saturated heterocycles. The first-order chi connectivity index (χ1) is 9.92. The number of furan rings is 1. The average molecular weight is 264 g/mol. The minimum atomic E-state index is 0.710. The van der Waals surface area contributed by atoms with Crippen molar-refractivity contribution in [3.05, 3.63) is 78.3 Å². The van der Waals surface area contributed by atoms with Crippen LogP contribution in [0.1, 0.15) is 11.3 Å². The van der Waals surface area contributed by atoms with E-state index in [4.69, 9.17) is 4.42 Å². The van der Waals surface area contributed by atoms with E-state index in [0.717, 1.165) is 23.6 Å². The topological polar surface area (TPSA) is 38.1 Å². The van der Waals surface area contributed by atoms with Crippen molar-refractivity contribution < 1.29 is 4.42 Å². The van der Waals surface area contributed by atoms with Gasteiger partial charge in [-0.3, -0.25) is 4.98 Å². The molecule has 0 unspecified atom stereocenters. The van der Waals surface area contributed by atoms with Gasteiger partial charge in [-0.15, -0.1) is 0 Å². The zero-order valence-electron chi connectivity index (χ0n) is 11.1. The van der Waals surface area contributed by atoms with Crippen LogP contribution in [0.25, 0.3) is 11.3 Å². The van der Waals surface area contributed by atoms with E-state index in [1.807, 2.05) is 54.7 Å². The monoisotopic (exact) mass is 264 g/mol. The van der Waals surface area contributed by atoms with Crippen LogP contribution in [0.15, 0.2) is 71.4 Å². The fourth-order valence-corrected chi connectivity index (χ4v) is 2.06. The van der Waals surface area contributed by atoms with Crippen molar-refractivity contribution in [2.45, 2.75) is 13.1 Å². The van der Waals surface area contributed by atoms with Crippen molar-refractivity contribution in [1.29, 1.82) is 0 Å². The molecule has 0 aliphatic carbocycles. The van der Waals surface area contributed by atoms with Crippen LogP contribution in [0, 0.1) is 0 Å². The number of hydrogen-bond donors (Lipinski definition) is 1. The van der Waals surface area contributed by atoms with E-state index in [-0.39, 0.29) is 0 Å². The van der Waals surface area contributed by atoms with Gasteiger partial charge in [0, 0.05) is 24.5 Å². The number of nitrogens with one attached hydrogen (secondary N) is 1. The molecule has 2 aromatic heterocycles. The lowest BCUT2D eigenvalue weighted by Gasteiger charge is -2.02. The lowest BCUT2D eigenvalue weighted by molar-refractivity contribution is 0.493. The Labute approximate surface area is 118 Å². The number of benzene rings is 1. The maximum absolute atomic E-state index is 5.83. The quantitative estimate of drug-likeness (QED) is 0.764. The van der Waals surface area contributed by atoms with Crippen LogP contribution < -0.4 is 5.32 Å². The molecule has 0 radical (unpaired) electrons. The standard InChI is InChI=1S/C17H16N2O/c1-2-6-15(7-3-1)17-9-8-16(20-17)13-19-12-14-5-4-10-18-11-14/h1-11,19H,12-13H2. The van der Waals surface area contributed by atoms with E-state index >= 15 is 0 Å². The van der Waals surface area contributed by atoms with Crippen LogP contribution in [0.5, 0.6) is 0 Å². The number of aromatic nitrogens is 1. The van der Waals surface area contributed by atoms with Crippen molar-refractivity contribution >= 4 is 0 Å². The summed E-state index contributed by atoms with van der Waals surface area (Å²) in [6.45, 7) is 1.50. The summed E-state index contributed by atoms with van der Waals surface area (Å²) in [5.74, 6) is 1.84. The van der Waals surface area contributed by atoms with Crippen molar-refractivity contribution in [1.82, 2.24) is 10.3 Å². The van der Waals surface area contributed by atoms with Crippen LogP contribution >= 0.6 is 0 Å². The van der Waals surface area contributed by atoms with Crippen molar-refractivity contribution in [2.75, 3.05) is 0 Å². The van der Waals surface area contributed by atoms with Gasteiger partial charge in [-0.2, -0.15) is 0 Å². The second-order valence-corrected chi connectivity index (χ2v) is 4.60. The van der Waals surface area contributed by atoms with Crippen molar-refractivity contribution in [3.8, 4) is 11.3 Å². The maximum atomic E-state index is 5.83. The van der Waals surface area contributed by atoms with E-state index < -0.39 is 0 Å². The molecule has 0 bridgehead atoms. The zero-order chi connectivity index (χ0) is 13.6. The predicted molar refractivity (Wildman–Crippen MR) is 78.9 cm³/mol. The molecule has 0 aliphatic heterocycles. The molecule has 1 aromatic carbocycles. The highest BCUT2D eigenvalue weighted by atomic mass is 16.3. The molecule has 3 nitrogen and oxygen atoms in total. The first kappa shape index (κ1) is 12.6. The number of pyridine rings is 1. The van der Waals surface area contributed by atoms with Gasteiger partial charge in [-0.25, -0.2) is 0 Å². The molecule has 2 heterocycles. The van der Waals surface area contributed by atoms with Gasteiger partial charge in [-0.05, 0) is 23.8 Å². The Morgan fingerprint density at radius 1 is 0.900 bits per heavy atom. The number of hydrogen-bond acceptors (Lipinski definition) is 3. The predicted octanol–water partition coefficient (Wildman–Crippen LogP) is 3.63. The summed E-state index contributed by atoms with van der Waals surface area (Å²) in [5, 5.41) is 3.35. The third kappa shape index (κ3) is 3.13. The van der Waals surface area contributed by atoms with Crippen LogP contribution in [0.2, 0.25) is 0 Å². The molecule has 3 rings (SSSR count). The Balaban J connectivity index is 1.58. The molecule has 20 heavy (non-hydrogen) atoms. The summed E-state index contributed by atoms with van der Waals surface area (Å²) in [7, 11) is 0. The molecule has 0 saturated carbocycles. The molecular formula is C17H16N2O. The Bertz CT molecular complexity index is 647. The molecule has 3 aromatic rings. The third-order valence-corrected chi connectivity index (χ3v) is 3.07. The summed E-state index contributed by atoms with van der Waals surface area (Å²) >= 11 is 0. The second-order valence-electron chi connectivity index (χ2n) is 4.60. The van der Waals surface area contributed by atoms with E-state index in [1.165, 1.54) is 5.56 Å². The highest BCUT2D eigenvalue weighted by Gasteiger charge is 2.03. The van der Waals surface area contributed by atoms with E-state index in [9.17, 15) is 0 Å². The van der Waals surface area contributed by atoms with Gasteiger partial charge in [0.25, 0.3) is 0 Å². The van der Waals surface area contributed by atoms with Crippen LogP contribution in [0.4, 0.5) is 0 Å². The lowest BCUT2D eigenvalue weighted by atomic mass is 10.2. The van der Waals surface area contributed by atoms with Crippen LogP contribution in [-0.2, 0) is 13.1 Å². The van der Waals surface area contributed by atoms with Gasteiger partial charge in [0.2, 0.25) is 0 Å². The van der Waals surface area contributed by atoms with Gasteiger partial charge in [-0.1, -0.05) is 36.4 Å². The van der Waals surface area contributed by atoms with E-state index in [2.05, 4.69) is 16.4 Å². The Hall–Kier alpha value is -2.39. The zero-order valence-corrected chi connectivity index (χ0v) is 11.1. The molecule has 0 amide bonds. The number of rotatable bonds is 5. The Morgan fingerprint density at radius 2 is 1.80 bits per heavy atom. The smallest absolute Gasteiger partial charge is 0.134 e. The summed E-state index contributed by atoms with van der Waals surface area (Å²) < 4.78 is 5.83. The summed E-state index contributed by atoms with van der Waals surface area (Å²) in [6.07, 6.45) is 3.65. The third-order valence-electron chi connectivity index (χ3n) is 3.07. The minimum absolute atomic E-state index is 0.710. The maximum Gasteiger partial charge on any atom is 0.134 e. The van der Waals surface area contributed by atoms with E-state index in [0.29, 0.717) is 6.54 Å². The first-order valence-electron chi connectivity index (χ1n) is 6.65. The van der Waals surface area contributed by atoms with Crippen molar-refractivity contribution in [2.24, 2.45) is 0 Å². The lowest BCUT2D eigenvalue weighted by Crippen LogP contribution is -2.12. The molecule has 1 N–H and O–H groups in total. The number of nitrogens with zero attached hydrogens (tertiary/aromatic N) is 1. The Morgan fingerprint density at radius 3 is 2.60 bits per heavy atom. The molecule has 0 spiro atoms.